The maximum Gasteiger partial charge on any atom is 0.272 e. The van der Waals surface area contributed by atoms with Crippen molar-refractivity contribution in [1.82, 2.24) is 14.5 Å². The van der Waals surface area contributed by atoms with E-state index in [4.69, 9.17) is 4.74 Å². The van der Waals surface area contributed by atoms with E-state index in [0.29, 0.717) is 11.9 Å². The summed E-state index contributed by atoms with van der Waals surface area (Å²) in [6.07, 6.45) is -0.179. The SMILES string of the molecule is CC(=O)Nc1nnc(S(=O)(=O)N2CCOC(CBr)C2)s1. The topological polar surface area (TPSA) is 101 Å². The van der Waals surface area contributed by atoms with Crippen LogP contribution in [0.1, 0.15) is 6.92 Å². The monoisotopic (exact) mass is 384 g/mol. The fraction of sp³-hybridized carbons (Fsp3) is 0.667. The van der Waals surface area contributed by atoms with E-state index in [2.05, 4.69) is 31.4 Å². The molecule has 112 valence electrons. The zero-order chi connectivity index (χ0) is 14.8. The number of sulfonamides is 1. The van der Waals surface area contributed by atoms with Crippen LogP contribution in [0, 0.1) is 0 Å². The number of amides is 1. The predicted octanol–water partition coefficient (Wildman–Crippen LogP) is 0.281. The first-order valence-electron chi connectivity index (χ1n) is 5.72. The summed E-state index contributed by atoms with van der Waals surface area (Å²) in [6, 6.07) is 0. The van der Waals surface area contributed by atoms with Crippen LogP contribution in [0.15, 0.2) is 4.34 Å². The lowest BCUT2D eigenvalue weighted by Gasteiger charge is -2.30. The minimum absolute atomic E-state index is 0.128. The number of nitrogens with one attached hydrogen (secondary N) is 1. The molecule has 1 unspecified atom stereocenters. The molecule has 1 N–H and O–H groups in total. The van der Waals surface area contributed by atoms with Gasteiger partial charge in [-0.25, -0.2) is 8.42 Å². The molecular formula is C9H13BrN4O4S2. The van der Waals surface area contributed by atoms with E-state index >= 15 is 0 Å². The summed E-state index contributed by atoms with van der Waals surface area (Å²) >= 11 is 4.11. The zero-order valence-corrected chi connectivity index (χ0v) is 13.8. The fourth-order valence-corrected chi connectivity index (χ4v) is 4.56. The van der Waals surface area contributed by atoms with Crippen molar-refractivity contribution in [2.24, 2.45) is 0 Å². The average molecular weight is 385 g/mol. The normalized spacial score (nSPS) is 20.8. The summed E-state index contributed by atoms with van der Waals surface area (Å²) in [5.41, 5.74) is 0. The molecule has 8 nitrogen and oxygen atoms in total. The maximum atomic E-state index is 12.4. The smallest absolute Gasteiger partial charge is 0.272 e. The quantitative estimate of drug-likeness (QED) is 0.590. The molecule has 1 saturated heterocycles. The van der Waals surface area contributed by atoms with Crippen molar-refractivity contribution in [3.63, 3.8) is 0 Å². The molecule has 0 saturated carbocycles. The lowest BCUT2D eigenvalue weighted by atomic mass is 10.3. The Morgan fingerprint density at radius 1 is 1.60 bits per heavy atom. The van der Waals surface area contributed by atoms with Gasteiger partial charge >= 0.3 is 0 Å². The number of carbonyl (C=O) groups excluding carboxylic acids is 1. The van der Waals surface area contributed by atoms with E-state index in [1.165, 1.54) is 11.2 Å². The van der Waals surface area contributed by atoms with Crippen LogP contribution >= 0.6 is 27.3 Å². The van der Waals surface area contributed by atoms with Crippen molar-refractivity contribution < 1.29 is 17.9 Å². The van der Waals surface area contributed by atoms with Gasteiger partial charge in [-0.1, -0.05) is 27.3 Å². The molecular weight excluding hydrogens is 372 g/mol. The van der Waals surface area contributed by atoms with Crippen LogP contribution in [0.4, 0.5) is 5.13 Å². The standard InChI is InChI=1S/C9H13BrN4O4S2/c1-6(15)11-8-12-13-9(19-8)20(16,17)14-2-3-18-7(4-10)5-14/h7H,2-5H2,1H3,(H,11,12,15). The average Bonchev–Trinajstić information content (AvgIpc) is 2.87. The summed E-state index contributed by atoms with van der Waals surface area (Å²) in [5.74, 6) is -0.323. The summed E-state index contributed by atoms with van der Waals surface area (Å²) in [5, 5.41) is 10.4. The molecule has 20 heavy (non-hydrogen) atoms. The van der Waals surface area contributed by atoms with Crippen molar-refractivity contribution in [3.8, 4) is 0 Å². The lowest BCUT2D eigenvalue weighted by Crippen LogP contribution is -2.46. The van der Waals surface area contributed by atoms with Crippen LogP contribution in [-0.4, -0.2) is 60.0 Å². The third-order valence-corrected chi connectivity index (χ3v) is 6.30. The van der Waals surface area contributed by atoms with Crippen LogP contribution in [0.2, 0.25) is 0 Å². The third kappa shape index (κ3) is 3.52. The molecule has 1 fully saturated rings. The first-order chi connectivity index (χ1) is 9.43. The Kier molecular flexibility index (Phi) is 5.07. The molecule has 0 spiro atoms. The van der Waals surface area contributed by atoms with Gasteiger partial charge in [0.15, 0.2) is 0 Å². The van der Waals surface area contributed by atoms with Crippen LogP contribution in [0.25, 0.3) is 0 Å². The van der Waals surface area contributed by atoms with Crippen molar-refractivity contribution in [2.45, 2.75) is 17.4 Å². The van der Waals surface area contributed by atoms with Gasteiger partial charge in [0.25, 0.3) is 10.0 Å². The molecule has 0 radical (unpaired) electrons. The molecule has 11 heteroatoms. The van der Waals surface area contributed by atoms with Crippen LogP contribution < -0.4 is 5.32 Å². The molecule has 2 rings (SSSR count). The van der Waals surface area contributed by atoms with E-state index in [1.807, 2.05) is 0 Å². The van der Waals surface area contributed by atoms with E-state index in [0.717, 1.165) is 11.3 Å². The fourth-order valence-electron chi connectivity index (χ4n) is 1.63. The Hall–Kier alpha value is -0.620. The van der Waals surface area contributed by atoms with Gasteiger partial charge in [0.1, 0.15) is 0 Å². The number of hydrogen-bond acceptors (Lipinski definition) is 7. The van der Waals surface area contributed by atoms with Gasteiger partial charge < -0.3 is 10.1 Å². The number of ether oxygens (including phenoxy) is 1. The lowest BCUT2D eigenvalue weighted by molar-refractivity contribution is -0.114. The van der Waals surface area contributed by atoms with Crippen molar-refractivity contribution in [1.29, 1.82) is 0 Å². The van der Waals surface area contributed by atoms with Crippen LogP contribution in [-0.2, 0) is 19.6 Å². The molecule has 0 bridgehead atoms. The highest BCUT2D eigenvalue weighted by molar-refractivity contribution is 9.09. The van der Waals surface area contributed by atoms with Gasteiger partial charge in [-0.15, -0.1) is 10.2 Å². The van der Waals surface area contributed by atoms with E-state index in [1.54, 1.807) is 0 Å². The van der Waals surface area contributed by atoms with E-state index in [9.17, 15) is 13.2 Å². The number of aromatic nitrogens is 2. The first-order valence-corrected chi connectivity index (χ1v) is 9.10. The number of carbonyl (C=O) groups is 1. The molecule has 1 amide bonds. The Morgan fingerprint density at radius 2 is 2.35 bits per heavy atom. The van der Waals surface area contributed by atoms with Gasteiger partial charge in [0.2, 0.25) is 15.4 Å². The first kappa shape index (κ1) is 15.8. The van der Waals surface area contributed by atoms with Crippen molar-refractivity contribution in [2.75, 3.05) is 30.3 Å². The zero-order valence-electron chi connectivity index (χ0n) is 10.6. The second kappa shape index (κ2) is 6.43. The maximum absolute atomic E-state index is 12.4. The Bertz CT molecular complexity index is 591. The number of halogens is 1. The minimum atomic E-state index is -3.69. The molecule has 0 aromatic carbocycles. The minimum Gasteiger partial charge on any atom is -0.375 e. The molecule has 0 aliphatic carbocycles. The number of alkyl halides is 1. The molecule has 2 heterocycles. The largest absolute Gasteiger partial charge is 0.375 e. The summed E-state index contributed by atoms with van der Waals surface area (Å²) in [7, 11) is -3.69. The van der Waals surface area contributed by atoms with E-state index in [-0.39, 0.29) is 34.6 Å². The van der Waals surface area contributed by atoms with Gasteiger partial charge in [-0.2, -0.15) is 4.31 Å². The molecule has 1 aromatic heterocycles. The Balaban J connectivity index is 2.17. The predicted molar refractivity (Wildman–Crippen MR) is 76.5 cm³/mol. The number of hydrogen-bond donors (Lipinski definition) is 1. The Labute approximate surface area is 128 Å². The van der Waals surface area contributed by atoms with Gasteiger partial charge in [0.05, 0.1) is 12.7 Å². The number of morpholine rings is 1. The van der Waals surface area contributed by atoms with Gasteiger partial charge in [-0.05, 0) is 0 Å². The Morgan fingerprint density at radius 3 is 3.00 bits per heavy atom. The molecule has 1 aliphatic rings. The number of anilines is 1. The molecule has 1 atom stereocenters. The third-order valence-electron chi connectivity index (χ3n) is 2.52. The summed E-state index contributed by atoms with van der Waals surface area (Å²) in [4.78, 5) is 10.9. The van der Waals surface area contributed by atoms with Crippen LogP contribution in [0.5, 0.6) is 0 Å². The number of nitrogens with zero attached hydrogens (tertiary/aromatic N) is 3. The summed E-state index contributed by atoms with van der Waals surface area (Å²) < 4.78 is 31.4. The second-order valence-corrected chi connectivity index (χ2v) is 7.80. The highest BCUT2D eigenvalue weighted by atomic mass is 79.9. The number of rotatable bonds is 4. The second-order valence-electron chi connectivity index (χ2n) is 4.06. The highest BCUT2D eigenvalue weighted by Gasteiger charge is 2.33. The summed E-state index contributed by atoms with van der Waals surface area (Å²) in [6.45, 7) is 2.20. The van der Waals surface area contributed by atoms with Crippen molar-refractivity contribution in [3.05, 3.63) is 0 Å². The highest BCUT2D eigenvalue weighted by Crippen LogP contribution is 2.24. The van der Waals surface area contributed by atoms with Gasteiger partial charge in [-0.3, -0.25) is 4.79 Å². The molecule has 1 aromatic rings. The van der Waals surface area contributed by atoms with E-state index < -0.39 is 10.0 Å². The molecule has 1 aliphatic heterocycles. The van der Waals surface area contributed by atoms with Gasteiger partial charge in [0, 0.05) is 25.3 Å². The van der Waals surface area contributed by atoms with Crippen LogP contribution in [0.3, 0.4) is 0 Å². The van der Waals surface area contributed by atoms with Crippen molar-refractivity contribution >= 4 is 48.3 Å².